The molecule has 11 heteroatoms. The summed E-state index contributed by atoms with van der Waals surface area (Å²) in [6, 6.07) is 12.5. The number of carbonyl (C=O) groups excluding carboxylic acids is 2. The average Bonchev–Trinajstić information content (AvgIpc) is 2.80. The number of nitro groups is 1. The molecule has 2 aromatic rings. The van der Waals surface area contributed by atoms with Crippen molar-refractivity contribution in [3.05, 3.63) is 81.5 Å². The minimum Gasteiger partial charge on any atom is -0.478 e. The van der Waals surface area contributed by atoms with Crippen LogP contribution in [0.2, 0.25) is 0 Å². The number of urea groups is 1. The molecule has 1 aliphatic heterocycles. The van der Waals surface area contributed by atoms with Crippen LogP contribution in [0.15, 0.2) is 65.9 Å². The molecule has 0 saturated heterocycles. The predicted molar refractivity (Wildman–Crippen MR) is 121 cm³/mol. The summed E-state index contributed by atoms with van der Waals surface area (Å²) in [5.41, 5.74) is 0.164. The van der Waals surface area contributed by atoms with E-state index < -0.39 is 29.1 Å². The number of carboxylic acids is 1. The molecule has 0 saturated carbocycles. The average molecular weight is 468 g/mol. The Morgan fingerprint density at radius 3 is 2.56 bits per heavy atom. The number of carbonyl (C=O) groups is 3. The van der Waals surface area contributed by atoms with Crippen LogP contribution in [0.1, 0.15) is 24.9 Å². The van der Waals surface area contributed by atoms with Crippen LogP contribution in [0.4, 0.5) is 15.3 Å². The number of allylic oxidation sites excluding steroid dienone is 1. The lowest BCUT2D eigenvalue weighted by atomic mass is 9.93. The number of para-hydroxylation sites is 1. The smallest absolute Gasteiger partial charge is 0.414 e. The molecule has 2 N–H and O–H groups in total. The number of nitrogens with zero attached hydrogens (tertiary/aromatic N) is 3. The molecule has 1 heterocycles. The first-order chi connectivity index (χ1) is 16.2. The maximum atomic E-state index is 12.8. The number of hydrogen-bond donors (Lipinski definition) is 2. The van der Waals surface area contributed by atoms with Crippen LogP contribution >= 0.6 is 0 Å². The number of aliphatic carboxylic acids is 1. The number of nitro benzene ring substituents is 1. The van der Waals surface area contributed by atoms with Gasteiger partial charge < -0.3 is 25.0 Å². The highest BCUT2D eigenvalue weighted by atomic mass is 16.6. The molecule has 3 amide bonds. The molecule has 1 aliphatic rings. The van der Waals surface area contributed by atoms with Gasteiger partial charge in [-0.3, -0.25) is 10.1 Å². The van der Waals surface area contributed by atoms with E-state index in [1.54, 1.807) is 43.4 Å². The molecular formula is C23H24N4O7. The van der Waals surface area contributed by atoms with Gasteiger partial charge in [0, 0.05) is 38.0 Å². The van der Waals surface area contributed by atoms with Crippen molar-refractivity contribution in [3.8, 4) is 5.75 Å². The van der Waals surface area contributed by atoms with Gasteiger partial charge in [-0.1, -0.05) is 30.3 Å². The van der Waals surface area contributed by atoms with E-state index >= 15 is 0 Å². The molecule has 34 heavy (non-hydrogen) atoms. The molecule has 0 aromatic heterocycles. The number of carboxylic acid groups (broad SMARTS) is 1. The van der Waals surface area contributed by atoms with Gasteiger partial charge in [0.1, 0.15) is 5.75 Å². The van der Waals surface area contributed by atoms with Gasteiger partial charge in [0.15, 0.2) is 0 Å². The summed E-state index contributed by atoms with van der Waals surface area (Å²) >= 11 is 0. The zero-order valence-corrected chi connectivity index (χ0v) is 18.6. The Balaban J connectivity index is 1.77. The van der Waals surface area contributed by atoms with Gasteiger partial charge in [0.25, 0.3) is 5.69 Å². The van der Waals surface area contributed by atoms with Crippen molar-refractivity contribution in [1.82, 2.24) is 15.1 Å². The second-order valence-corrected chi connectivity index (χ2v) is 7.68. The van der Waals surface area contributed by atoms with Crippen molar-refractivity contribution in [2.75, 3.05) is 20.1 Å². The highest BCUT2D eigenvalue weighted by Crippen LogP contribution is 2.35. The first-order valence-corrected chi connectivity index (χ1v) is 10.4. The van der Waals surface area contributed by atoms with Crippen LogP contribution in [0.5, 0.6) is 5.75 Å². The van der Waals surface area contributed by atoms with Crippen LogP contribution in [0.25, 0.3) is 0 Å². The van der Waals surface area contributed by atoms with Crippen LogP contribution in [0, 0.1) is 10.1 Å². The Kier molecular flexibility index (Phi) is 7.46. The molecule has 0 spiro atoms. The second kappa shape index (κ2) is 10.5. The fourth-order valence-electron chi connectivity index (χ4n) is 3.68. The lowest BCUT2D eigenvalue weighted by molar-refractivity contribution is -0.384. The highest BCUT2D eigenvalue weighted by molar-refractivity contribution is 5.93. The Hall–Kier alpha value is -4.41. The topological polar surface area (TPSA) is 142 Å². The zero-order chi connectivity index (χ0) is 24.8. The second-order valence-electron chi connectivity index (χ2n) is 7.68. The maximum absolute atomic E-state index is 12.8. The summed E-state index contributed by atoms with van der Waals surface area (Å²) in [5, 5.41) is 23.6. The van der Waals surface area contributed by atoms with Gasteiger partial charge in [0.05, 0.1) is 16.5 Å². The molecule has 0 aliphatic carbocycles. The number of ether oxygens (including phenoxy) is 1. The Morgan fingerprint density at radius 2 is 1.91 bits per heavy atom. The minimum absolute atomic E-state index is 0.0862. The summed E-state index contributed by atoms with van der Waals surface area (Å²) in [6.45, 7) is 1.78. The highest BCUT2D eigenvalue weighted by Gasteiger charge is 2.38. The van der Waals surface area contributed by atoms with E-state index in [-0.39, 0.29) is 30.0 Å². The van der Waals surface area contributed by atoms with Crippen LogP contribution in [-0.4, -0.2) is 58.1 Å². The molecule has 0 fully saturated rings. The predicted octanol–water partition coefficient (Wildman–Crippen LogP) is 3.54. The van der Waals surface area contributed by atoms with Gasteiger partial charge in [-0.15, -0.1) is 0 Å². The van der Waals surface area contributed by atoms with Crippen molar-refractivity contribution in [1.29, 1.82) is 0 Å². The number of non-ortho nitro benzene ring substituents is 1. The lowest BCUT2D eigenvalue weighted by Gasteiger charge is -2.37. The summed E-state index contributed by atoms with van der Waals surface area (Å²) in [6.07, 6.45) is -0.267. The number of amides is 3. The summed E-state index contributed by atoms with van der Waals surface area (Å²) < 4.78 is 5.27. The van der Waals surface area contributed by atoms with Crippen molar-refractivity contribution in [3.63, 3.8) is 0 Å². The number of hydrogen-bond acceptors (Lipinski definition) is 6. The largest absolute Gasteiger partial charge is 0.478 e. The quantitative estimate of drug-likeness (QED) is 0.446. The Bertz CT molecular complexity index is 1130. The van der Waals surface area contributed by atoms with Crippen LogP contribution in [-0.2, 0) is 4.79 Å². The van der Waals surface area contributed by atoms with E-state index in [2.05, 4.69) is 5.32 Å². The van der Waals surface area contributed by atoms with Gasteiger partial charge in [0.2, 0.25) is 0 Å². The first-order valence-electron chi connectivity index (χ1n) is 10.4. The summed E-state index contributed by atoms with van der Waals surface area (Å²) in [5.74, 6) is -0.852. The fourth-order valence-corrected chi connectivity index (χ4v) is 3.68. The lowest BCUT2D eigenvalue weighted by Crippen LogP contribution is -2.49. The molecule has 1 unspecified atom stereocenters. The molecule has 2 aromatic carbocycles. The van der Waals surface area contributed by atoms with Crippen molar-refractivity contribution in [2.24, 2.45) is 0 Å². The zero-order valence-electron chi connectivity index (χ0n) is 18.6. The van der Waals surface area contributed by atoms with Crippen molar-refractivity contribution < 1.29 is 29.2 Å². The third-order valence-electron chi connectivity index (χ3n) is 5.32. The molecule has 0 bridgehead atoms. The van der Waals surface area contributed by atoms with Gasteiger partial charge in [-0.2, -0.15) is 0 Å². The first kappa shape index (κ1) is 24.2. The van der Waals surface area contributed by atoms with E-state index in [0.29, 0.717) is 17.7 Å². The molecule has 3 rings (SSSR count). The van der Waals surface area contributed by atoms with Crippen LogP contribution in [0.3, 0.4) is 0 Å². The monoisotopic (exact) mass is 468 g/mol. The van der Waals surface area contributed by atoms with Crippen molar-refractivity contribution >= 4 is 23.8 Å². The number of nitrogens with one attached hydrogen (secondary N) is 1. The van der Waals surface area contributed by atoms with E-state index in [0.717, 1.165) is 0 Å². The Morgan fingerprint density at radius 1 is 1.21 bits per heavy atom. The number of benzene rings is 2. The minimum atomic E-state index is -1.25. The van der Waals surface area contributed by atoms with E-state index in [9.17, 15) is 29.6 Å². The van der Waals surface area contributed by atoms with Crippen molar-refractivity contribution in [2.45, 2.75) is 19.4 Å². The van der Waals surface area contributed by atoms with Gasteiger partial charge in [-0.05, 0) is 31.0 Å². The molecular weight excluding hydrogens is 444 g/mol. The standard InChI is InChI=1S/C23H24N4O7/c1-15-19(21(28)29)20(16-8-6-9-17(14-16)27(32)33)26(22(30)24-15)13-7-12-25(2)23(31)34-18-10-4-3-5-11-18/h3-6,8-11,14,20H,7,12-13H2,1-2H3,(H,24,30)(H,28,29). The molecule has 11 nitrogen and oxygen atoms in total. The summed E-state index contributed by atoms with van der Waals surface area (Å²) in [4.78, 5) is 50.4. The normalized spacial score (nSPS) is 15.5. The molecule has 178 valence electrons. The van der Waals surface area contributed by atoms with E-state index in [4.69, 9.17) is 4.74 Å². The SMILES string of the molecule is CC1=C(C(=O)O)C(c2cccc([N+](=O)[O-])c2)N(CCCN(C)C(=O)Oc2ccccc2)C(=O)N1. The molecule has 0 radical (unpaired) electrons. The fraction of sp³-hybridized carbons (Fsp3) is 0.261. The van der Waals surface area contributed by atoms with Crippen LogP contribution < -0.4 is 10.1 Å². The molecule has 1 atom stereocenters. The third kappa shape index (κ3) is 5.49. The summed E-state index contributed by atoms with van der Waals surface area (Å²) in [7, 11) is 1.55. The maximum Gasteiger partial charge on any atom is 0.414 e. The van der Waals surface area contributed by atoms with Gasteiger partial charge in [-0.25, -0.2) is 14.4 Å². The number of rotatable bonds is 8. The Labute approximate surface area is 195 Å². The van der Waals surface area contributed by atoms with E-state index in [1.807, 2.05) is 0 Å². The third-order valence-corrected chi connectivity index (χ3v) is 5.32. The van der Waals surface area contributed by atoms with E-state index in [1.165, 1.54) is 34.9 Å². The van der Waals surface area contributed by atoms with Gasteiger partial charge >= 0.3 is 18.1 Å².